The summed E-state index contributed by atoms with van der Waals surface area (Å²) in [6, 6.07) is 24.6. The molecule has 2 aliphatic heterocycles. The second-order valence-electron chi connectivity index (χ2n) is 7.70. The zero-order chi connectivity index (χ0) is 22.1. The molecule has 0 unspecified atom stereocenters. The number of urea groups is 1. The molecule has 1 spiro atoms. The van der Waals surface area contributed by atoms with Crippen molar-refractivity contribution >= 4 is 35.1 Å². The van der Waals surface area contributed by atoms with E-state index in [9.17, 15) is 9.59 Å². The quantitative estimate of drug-likeness (QED) is 0.634. The molecule has 2 heterocycles. The molecule has 0 radical (unpaired) electrons. The summed E-state index contributed by atoms with van der Waals surface area (Å²) in [5.74, 6) is 1.23. The van der Waals surface area contributed by atoms with Crippen molar-refractivity contribution in [1.82, 2.24) is 4.90 Å². The predicted octanol–water partition coefficient (Wildman–Crippen LogP) is 4.68. The fourth-order valence-electron chi connectivity index (χ4n) is 4.36. The largest absolute Gasteiger partial charge is 0.497 e. The Morgan fingerprint density at radius 1 is 1.06 bits per heavy atom. The fourth-order valence-corrected chi connectivity index (χ4v) is 5.81. The van der Waals surface area contributed by atoms with Gasteiger partial charge in [-0.2, -0.15) is 0 Å². The van der Waals surface area contributed by atoms with Crippen LogP contribution in [0.5, 0.6) is 5.75 Å². The lowest BCUT2D eigenvalue weighted by molar-refractivity contribution is -0.123. The maximum Gasteiger partial charge on any atom is 0.323 e. The van der Waals surface area contributed by atoms with Crippen LogP contribution < -0.4 is 15.0 Å². The molecule has 7 heteroatoms. The maximum atomic E-state index is 14.0. The van der Waals surface area contributed by atoms with Gasteiger partial charge in [-0.1, -0.05) is 48.5 Å². The van der Waals surface area contributed by atoms with Gasteiger partial charge in [-0.25, -0.2) is 4.79 Å². The van der Waals surface area contributed by atoms with Crippen LogP contribution in [-0.2, 0) is 16.2 Å². The molecule has 0 aromatic heterocycles. The molecule has 5 rings (SSSR count). The molecule has 0 saturated carbocycles. The van der Waals surface area contributed by atoms with Gasteiger partial charge in [0.25, 0.3) is 5.91 Å². The standard InChI is InChI=1S/C25H23N3O3S/c1-31-20-12-13-22-21(16-20)25(23(29)27(22)17-18-8-4-2-5-9-18)28(14-15-32-25)24(30)26-19-10-6-3-7-11-19/h2-13,16H,14-15,17H2,1H3,(H,26,30)/t25-/m0/s1. The van der Waals surface area contributed by atoms with Gasteiger partial charge >= 0.3 is 6.03 Å². The van der Waals surface area contributed by atoms with Crippen molar-refractivity contribution in [1.29, 1.82) is 0 Å². The van der Waals surface area contributed by atoms with Crippen LogP contribution in [0.4, 0.5) is 16.2 Å². The summed E-state index contributed by atoms with van der Waals surface area (Å²) < 4.78 is 5.46. The van der Waals surface area contributed by atoms with Crippen LogP contribution in [0, 0.1) is 0 Å². The molecule has 1 N–H and O–H groups in total. The molecule has 0 bridgehead atoms. The van der Waals surface area contributed by atoms with E-state index in [4.69, 9.17) is 4.74 Å². The Morgan fingerprint density at radius 2 is 1.78 bits per heavy atom. The van der Waals surface area contributed by atoms with Crippen LogP contribution in [0.25, 0.3) is 0 Å². The van der Waals surface area contributed by atoms with E-state index in [0.717, 1.165) is 16.8 Å². The van der Waals surface area contributed by atoms with Gasteiger partial charge in [0.05, 0.1) is 19.3 Å². The normalized spacial score (nSPS) is 19.3. The Hall–Kier alpha value is -3.45. The monoisotopic (exact) mass is 445 g/mol. The van der Waals surface area contributed by atoms with Gasteiger partial charge in [0.15, 0.2) is 4.87 Å². The van der Waals surface area contributed by atoms with Crippen molar-refractivity contribution in [3.8, 4) is 5.75 Å². The molecular formula is C25H23N3O3S. The number of fused-ring (bicyclic) bond motifs is 2. The summed E-state index contributed by atoms with van der Waals surface area (Å²) in [6.07, 6.45) is 0. The van der Waals surface area contributed by atoms with Gasteiger partial charge in [0, 0.05) is 23.5 Å². The number of carbonyl (C=O) groups is 2. The summed E-state index contributed by atoms with van der Waals surface area (Å²) in [5.41, 5.74) is 3.33. The van der Waals surface area contributed by atoms with Gasteiger partial charge in [0.2, 0.25) is 0 Å². The van der Waals surface area contributed by atoms with Crippen molar-refractivity contribution in [3.05, 3.63) is 90.0 Å². The van der Waals surface area contributed by atoms with Crippen molar-refractivity contribution in [2.24, 2.45) is 0 Å². The molecule has 1 atom stereocenters. The predicted molar refractivity (Wildman–Crippen MR) is 127 cm³/mol. The summed E-state index contributed by atoms with van der Waals surface area (Å²) >= 11 is 1.50. The lowest BCUT2D eigenvalue weighted by atomic mass is 10.1. The van der Waals surface area contributed by atoms with Crippen LogP contribution in [0.1, 0.15) is 11.1 Å². The Labute approximate surface area is 191 Å². The third kappa shape index (κ3) is 3.29. The van der Waals surface area contributed by atoms with Gasteiger partial charge < -0.3 is 15.0 Å². The first-order chi connectivity index (χ1) is 15.6. The van der Waals surface area contributed by atoms with Crippen molar-refractivity contribution in [3.63, 3.8) is 0 Å². The Morgan fingerprint density at radius 3 is 2.50 bits per heavy atom. The van der Waals surface area contributed by atoms with E-state index >= 15 is 0 Å². The number of ether oxygens (including phenoxy) is 1. The number of nitrogens with one attached hydrogen (secondary N) is 1. The van der Waals surface area contributed by atoms with Gasteiger partial charge in [0.1, 0.15) is 5.75 Å². The molecule has 6 nitrogen and oxygen atoms in total. The molecule has 1 saturated heterocycles. The number of para-hydroxylation sites is 1. The van der Waals surface area contributed by atoms with Crippen LogP contribution in [0.2, 0.25) is 0 Å². The van der Waals surface area contributed by atoms with E-state index in [1.54, 1.807) is 16.9 Å². The average molecular weight is 446 g/mol. The molecule has 162 valence electrons. The highest BCUT2D eigenvalue weighted by atomic mass is 32.2. The summed E-state index contributed by atoms with van der Waals surface area (Å²) in [7, 11) is 1.61. The lowest BCUT2D eigenvalue weighted by Crippen LogP contribution is -2.51. The number of methoxy groups -OCH3 is 1. The van der Waals surface area contributed by atoms with Gasteiger partial charge in [-0.3, -0.25) is 9.69 Å². The van der Waals surface area contributed by atoms with Crippen molar-refractivity contribution in [2.75, 3.05) is 29.6 Å². The molecule has 1 fully saturated rings. The van der Waals surface area contributed by atoms with Crippen LogP contribution in [0.3, 0.4) is 0 Å². The van der Waals surface area contributed by atoms with E-state index in [1.165, 1.54) is 11.8 Å². The average Bonchev–Trinajstić information content (AvgIpc) is 3.37. The number of amides is 3. The van der Waals surface area contributed by atoms with Crippen LogP contribution in [0.15, 0.2) is 78.9 Å². The first-order valence-corrected chi connectivity index (χ1v) is 11.4. The second kappa shape index (κ2) is 8.24. The second-order valence-corrected chi connectivity index (χ2v) is 8.99. The maximum absolute atomic E-state index is 14.0. The summed E-state index contributed by atoms with van der Waals surface area (Å²) in [4.78, 5) is 29.7. The number of benzene rings is 3. The topological polar surface area (TPSA) is 61.9 Å². The zero-order valence-corrected chi connectivity index (χ0v) is 18.5. The van der Waals surface area contributed by atoms with Crippen LogP contribution in [-0.4, -0.2) is 36.2 Å². The minimum Gasteiger partial charge on any atom is -0.497 e. The number of rotatable bonds is 4. The Balaban J connectivity index is 1.56. The van der Waals surface area contributed by atoms with Crippen molar-refractivity contribution in [2.45, 2.75) is 11.4 Å². The number of hydrogen-bond donors (Lipinski definition) is 1. The molecule has 0 aliphatic carbocycles. The highest BCUT2D eigenvalue weighted by Crippen LogP contribution is 2.55. The Kier molecular flexibility index (Phi) is 5.27. The third-order valence-electron chi connectivity index (χ3n) is 5.85. The zero-order valence-electron chi connectivity index (χ0n) is 17.7. The smallest absolute Gasteiger partial charge is 0.323 e. The molecule has 3 aromatic rings. The van der Waals surface area contributed by atoms with Gasteiger partial charge in [-0.05, 0) is 35.9 Å². The summed E-state index contributed by atoms with van der Waals surface area (Å²) in [5, 5.41) is 2.95. The van der Waals surface area contributed by atoms with E-state index in [2.05, 4.69) is 5.32 Å². The number of nitrogens with zero attached hydrogens (tertiary/aromatic N) is 2. The SMILES string of the molecule is COc1ccc2c(c1)[C@]1(SCCN1C(=O)Nc1ccccc1)C(=O)N2Cc1ccccc1. The first kappa shape index (κ1) is 20.5. The molecule has 3 amide bonds. The minimum atomic E-state index is -1.11. The first-order valence-electron chi connectivity index (χ1n) is 10.5. The molecule has 32 heavy (non-hydrogen) atoms. The van der Waals surface area contributed by atoms with E-state index < -0.39 is 4.87 Å². The summed E-state index contributed by atoms with van der Waals surface area (Å²) in [6.45, 7) is 0.917. The highest BCUT2D eigenvalue weighted by molar-refractivity contribution is 8.01. The number of thioether (sulfide) groups is 1. The Bertz CT molecular complexity index is 1160. The highest BCUT2D eigenvalue weighted by Gasteiger charge is 2.59. The number of carbonyl (C=O) groups excluding carboxylic acids is 2. The lowest BCUT2D eigenvalue weighted by Gasteiger charge is -2.33. The number of hydrogen-bond acceptors (Lipinski definition) is 4. The molecule has 2 aliphatic rings. The van der Waals surface area contributed by atoms with E-state index in [-0.39, 0.29) is 11.9 Å². The minimum absolute atomic E-state index is 0.102. The van der Waals surface area contributed by atoms with Gasteiger partial charge in [-0.15, -0.1) is 11.8 Å². The van der Waals surface area contributed by atoms with E-state index in [1.807, 2.05) is 78.9 Å². The van der Waals surface area contributed by atoms with Crippen molar-refractivity contribution < 1.29 is 14.3 Å². The van der Waals surface area contributed by atoms with E-state index in [0.29, 0.717) is 30.3 Å². The molecular weight excluding hydrogens is 422 g/mol. The number of anilines is 2. The fraction of sp³-hybridized carbons (Fsp3) is 0.200. The molecule has 3 aromatic carbocycles. The third-order valence-corrected chi connectivity index (χ3v) is 7.27. The van der Waals surface area contributed by atoms with Crippen LogP contribution >= 0.6 is 11.8 Å².